The van der Waals surface area contributed by atoms with Gasteiger partial charge in [0.25, 0.3) is 0 Å². The first-order chi connectivity index (χ1) is 18.3. The molecule has 0 radical (unpaired) electrons. The Morgan fingerprint density at radius 3 is 2.00 bits per heavy atom. The van der Waals surface area contributed by atoms with E-state index in [-0.39, 0.29) is 35.6 Å². The van der Waals surface area contributed by atoms with Crippen LogP contribution in [0.2, 0.25) is 0 Å². The maximum Gasteiger partial charge on any atom is 0.315 e. The molecule has 3 atom stereocenters. The van der Waals surface area contributed by atoms with Crippen LogP contribution in [0.25, 0.3) is 0 Å². The molecule has 0 aromatic rings. The van der Waals surface area contributed by atoms with Gasteiger partial charge in [0.15, 0.2) is 6.29 Å². The molecule has 2 saturated heterocycles. The average molecular weight is 556 g/mol. The van der Waals surface area contributed by atoms with Gasteiger partial charge >= 0.3 is 6.03 Å². The molecule has 3 amide bonds. The first-order valence-corrected chi connectivity index (χ1v) is 15.7. The Kier molecular flexibility index (Phi) is 16.6. The van der Waals surface area contributed by atoms with Crippen molar-refractivity contribution in [2.45, 2.75) is 139 Å². The van der Waals surface area contributed by atoms with Gasteiger partial charge in [0.2, 0.25) is 5.91 Å². The number of aliphatic hydroxyl groups is 2. The van der Waals surface area contributed by atoms with Crippen LogP contribution < -0.4 is 16.0 Å². The monoisotopic (exact) mass is 555 g/mol. The lowest BCUT2D eigenvalue weighted by atomic mass is 10.0. The van der Waals surface area contributed by atoms with Crippen LogP contribution in [0.3, 0.4) is 0 Å². The van der Waals surface area contributed by atoms with Crippen molar-refractivity contribution in [2.75, 3.05) is 12.3 Å². The first kappa shape index (κ1) is 32.6. The second-order valence-electron chi connectivity index (χ2n) is 10.7. The summed E-state index contributed by atoms with van der Waals surface area (Å²) in [5, 5.41) is 26.9. The van der Waals surface area contributed by atoms with Gasteiger partial charge in [0.05, 0.1) is 12.1 Å². The number of aliphatic hydroxyl groups excluding tert-OH is 1. The number of rotatable bonds is 23. The number of nitrogens with one attached hydrogen (secondary N) is 3. The van der Waals surface area contributed by atoms with Crippen LogP contribution >= 0.6 is 11.8 Å². The second-order valence-corrected chi connectivity index (χ2v) is 12.0. The molecule has 0 saturated carbocycles. The number of fused-ring (bicyclic) bond motifs is 1. The zero-order valence-corrected chi connectivity index (χ0v) is 23.7. The maximum absolute atomic E-state index is 12.1. The number of unbranched alkanes of at least 4 members (excludes halogenated alkanes) is 7. The van der Waals surface area contributed by atoms with E-state index in [1.54, 1.807) is 0 Å². The quantitative estimate of drug-likeness (QED) is 0.0734. The number of carbonyl (C=O) groups is 4. The number of hydrogen-bond acceptors (Lipinski definition) is 7. The Hall–Kier alpha value is -1.65. The molecule has 218 valence electrons. The van der Waals surface area contributed by atoms with Crippen molar-refractivity contribution in [3.63, 3.8) is 0 Å². The van der Waals surface area contributed by atoms with Crippen molar-refractivity contribution >= 4 is 35.3 Å². The number of Topliss-reactive ketones (excluding diaryl/α,β-unsaturated/α-hetero) is 2. The van der Waals surface area contributed by atoms with E-state index in [0.29, 0.717) is 50.3 Å². The lowest BCUT2D eigenvalue weighted by molar-refractivity contribution is -0.121. The van der Waals surface area contributed by atoms with Crippen molar-refractivity contribution in [2.24, 2.45) is 0 Å². The van der Waals surface area contributed by atoms with Crippen molar-refractivity contribution in [1.82, 2.24) is 16.0 Å². The highest BCUT2D eigenvalue weighted by atomic mass is 32.2. The number of amides is 3. The highest BCUT2D eigenvalue weighted by Gasteiger charge is 2.42. The minimum absolute atomic E-state index is 0.0587. The van der Waals surface area contributed by atoms with Crippen LogP contribution in [0.1, 0.15) is 116 Å². The number of urea groups is 1. The number of carbonyl (C=O) groups excluding carboxylic acids is 4. The molecular weight excluding hydrogens is 506 g/mol. The molecule has 38 heavy (non-hydrogen) atoms. The number of thioether (sulfide) groups is 1. The molecule has 0 aliphatic carbocycles. The van der Waals surface area contributed by atoms with E-state index < -0.39 is 6.29 Å². The van der Waals surface area contributed by atoms with Gasteiger partial charge in [-0.1, -0.05) is 25.7 Å². The smallest absolute Gasteiger partial charge is 0.315 e. The molecule has 2 heterocycles. The highest BCUT2D eigenvalue weighted by molar-refractivity contribution is 8.00. The standard InChI is InChI=1S/C28H49N3O6S/c32-21(14-6-2-8-18-26(35)36)12-4-1-5-13-22(33)15-7-3-11-19-29-25(34)17-10-9-16-24-27-23(20-38-24)30-28(37)31-27/h23-24,26-27,35-36H,1-20H2,(H,29,34)(H2,30,31,37). The number of ketones is 2. The normalized spacial score (nSPS) is 20.3. The summed E-state index contributed by atoms with van der Waals surface area (Å²) >= 11 is 1.90. The largest absolute Gasteiger partial charge is 0.368 e. The third kappa shape index (κ3) is 14.5. The molecule has 0 aromatic carbocycles. The molecule has 2 aliphatic rings. The van der Waals surface area contributed by atoms with Gasteiger partial charge in [0, 0.05) is 49.7 Å². The zero-order valence-electron chi connectivity index (χ0n) is 22.9. The fourth-order valence-electron chi connectivity index (χ4n) is 5.11. The van der Waals surface area contributed by atoms with Crippen LogP contribution in [0.4, 0.5) is 4.79 Å². The van der Waals surface area contributed by atoms with Gasteiger partial charge in [-0.25, -0.2) is 4.79 Å². The topological polar surface area (TPSA) is 145 Å². The molecule has 5 N–H and O–H groups in total. The predicted octanol–water partition coefficient (Wildman–Crippen LogP) is 3.74. The van der Waals surface area contributed by atoms with Gasteiger partial charge in [-0.3, -0.25) is 14.4 Å². The minimum Gasteiger partial charge on any atom is -0.368 e. The van der Waals surface area contributed by atoms with E-state index >= 15 is 0 Å². The summed E-state index contributed by atoms with van der Waals surface area (Å²) in [6.45, 7) is 0.657. The van der Waals surface area contributed by atoms with Crippen molar-refractivity contribution in [1.29, 1.82) is 0 Å². The van der Waals surface area contributed by atoms with E-state index in [0.717, 1.165) is 82.8 Å². The van der Waals surface area contributed by atoms with Gasteiger partial charge in [-0.15, -0.1) is 0 Å². The summed E-state index contributed by atoms with van der Waals surface area (Å²) in [6, 6.07) is 0.420. The van der Waals surface area contributed by atoms with E-state index in [9.17, 15) is 19.2 Å². The van der Waals surface area contributed by atoms with Gasteiger partial charge in [-0.05, 0) is 57.8 Å². The molecule has 2 aliphatic heterocycles. The Balaban J connectivity index is 1.32. The van der Waals surface area contributed by atoms with Crippen LogP contribution in [-0.4, -0.2) is 69.6 Å². The van der Waals surface area contributed by atoms with Crippen molar-refractivity contribution < 1.29 is 29.4 Å². The van der Waals surface area contributed by atoms with Gasteiger partial charge in [0.1, 0.15) is 11.6 Å². The van der Waals surface area contributed by atoms with E-state index in [2.05, 4.69) is 16.0 Å². The Morgan fingerprint density at radius 1 is 0.789 bits per heavy atom. The lowest BCUT2D eigenvalue weighted by Crippen LogP contribution is -2.36. The summed E-state index contributed by atoms with van der Waals surface area (Å²) in [6.07, 6.45) is 12.4. The first-order valence-electron chi connectivity index (χ1n) is 14.7. The summed E-state index contributed by atoms with van der Waals surface area (Å²) in [4.78, 5) is 47.4. The summed E-state index contributed by atoms with van der Waals surface area (Å²) in [5.74, 6) is 1.59. The molecule has 2 rings (SSSR count). The second kappa shape index (κ2) is 19.4. The summed E-state index contributed by atoms with van der Waals surface area (Å²) < 4.78 is 0. The fraction of sp³-hybridized carbons (Fsp3) is 0.857. The van der Waals surface area contributed by atoms with Gasteiger partial charge in [-0.2, -0.15) is 11.8 Å². The zero-order chi connectivity index (χ0) is 27.6. The molecule has 9 nitrogen and oxygen atoms in total. The molecule has 0 spiro atoms. The van der Waals surface area contributed by atoms with Crippen LogP contribution in [0.5, 0.6) is 0 Å². The Bertz CT molecular complexity index is 735. The SMILES string of the molecule is O=C(CCCCCNC(=O)CCCCC1SCC2NC(=O)NC21)CCCCCC(=O)CCCCCC(O)O. The van der Waals surface area contributed by atoms with Crippen LogP contribution in [-0.2, 0) is 14.4 Å². The maximum atomic E-state index is 12.1. The van der Waals surface area contributed by atoms with Crippen LogP contribution in [0, 0.1) is 0 Å². The Morgan fingerprint density at radius 2 is 1.37 bits per heavy atom. The number of hydrogen-bond donors (Lipinski definition) is 5. The third-order valence-electron chi connectivity index (χ3n) is 7.36. The molecule has 0 bridgehead atoms. The average Bonchev–Trinajstić information content (AvgIpc) is 3.42. The van der Waals surface area contributed by atoms with Crippen molar-refractivity contribution in [3.05, 3.63) is 0 Å². The molecule has 2 fully saturated rings. The fourth-order valence-corrected chi connectivity index (χ4v) is 6.65. The molecule has 3 unspecified atom stereocenters. The Labute approximate surface area is 232 Å². The highest BCUT2D eigenvalue weighted by Crippen LogP contribution is 2.33. The van der Waals surface area contributed by atoms with Crippen molar-refractivity contribution in [3.8, 4) is 0 Å². The summed E-state index contributed by atoms with van der Waals surface area (Å²) in [5.41, 5.74) is 0. The third-order valence-corrected chi connectivity index (χ3v) is 8.87. The lowest BCUT2D eigenvalue weighted by Gasteiger charge is -2.16. The molecule has 10 heteroatoms. The minimum atomic E-state index is -1.25. The van der Waals surface area contributed by atoms with E-state index in [4.69, 9.17) is 10.2 Å². The van der Waals surface area contributed by atoms with E-state index in [1.165, 1.54) is 0 Å². The molecular formula is C28H49N3O6S. The van der Waals surface area contributed by atoms with Crippen LogP contribution in [0.15, 0.2) is 0 Å². The van der Waals surface area contributed by atoms with E-state index in [1.807, 2.05) is 11.8 Å². The predicted molar refractivity (Wildman–Crippen MR) is 150 cm³/mol. The summed E-state index contributed by atoms with van der Waals surface area (Å²) in [7, 11) is 0. The molecule has 0 aromatic heterocycles. The van der Waals surface area contributed by atoms with Gasteiger partial charge < -0.3 is 26.2 Å².